The average molecular weight is 507 g/mol. The number of halogens is 1. The fourth-order valence-electron chi connectivity index (χ4n) is 5.86. The number of anilines is 3. The third-order valence-electron chi connectivity index (χ3n) is 7.74. The topological polar surface area (TPSA) is 65.8 Å². The molecule has 1 saturated carbocycles. The van der Waals surface area contributed by atoms with Crippen molar-refractivity contribution in [2.24, 2.45) is 4.99 Å². The van der Waals surface area contributed by atoms with Crippen molar-refractivity contribution in [1.82, 2.24) is 14.7 Å². The van der Waals surface area contributed by atoms with E-state index in [4.69, 9.17) is 10.1 Å². The smallest absolute Gasteiger partial charge is 0.267 e. The molecule has 0 spiro atoms. The van der Waals surface area contributed by atoms with E-state index in [1.54, 1.807) is 24.1 Å². The summed E-state index contributed by atoms with van der Waals surface area (Å²) in [6.07, 6.45) is 3.21. The molecule has 3 aromatic carbocycles. The minimum atomic E-state index is -0.247. The van der Waals surface area contributed by atoms with Gasteiger partial charge in [0.05, 0.1) is 18.6 Å². The van der Waals surface area contributed by atoms with E-state index in [2.05, 4.69) is 22.3 Å². The monoisotopic (exact) mass is 506 g/mol. The molecule has 38 heavy (non-hydrogen) atoms. The van der Waals surface area contributed by atoms with Crippen LogP contribution in [0.2, 0.25) is 0 Å². The first-order valence-corrected chi connectivity index (χ1v) is 13.0. The summed E-state index contributed by atoms with van der Waals surface area (Å²) in [6, 6.07) is 24.9. The van der Waals surface area contributed by atoms with Crippen LogP contribution < -0.4 is 10.2 Å². The standard InChI is InChI=1S/C30H27FN6O/c1-35-29(38)26-27(32-23-6-3-2-4-7-23)34-36(28(26)37-25-9-5-8-24(25)33-30(35)37)18-19-10-12-20(13-11-19)21-14-16-22(31)17-15-21/h2-4,6-7,10-17,24-25H,5,8-9,18H2,1H3,(H,32,34). The Kier molecular flexibility index (Phi) is 5.28. The highest BCUT2D eigenvalue weighted by Gasteiger charge is 2.49. The van der Waals surface area contributed by atoms with Gasteiger partial charge in [0.2, 0.25) is 5.96 Å². The fraction of sp³-hybridized carbons (Fsp3) is 0.233. The van der Waals surface area contributed by atoms with Crippen molar-refractivity contribution in [2.75, 3.05) is 17.3 Å². The van der Waals surface area contributed by atoms with Crippen LogP contribution in [0, 0.1) is 5.82 Å². The SMILES string of the molecule is CN1C(=O)c2c(Nc3ccccc3)nn(Cc3ccc(-c4ccc(F)cc4)cc3)c2N2C1=NC1CCCC12. The molecule has 1 fully saturated rings. The second-order valence-electron chi connectivity index (χ2n) is 10.1. The molecule has 7 rings (SSSR count). The van der Waals surface area contributed by atoms with Gasteiger partial charge in [-0.05, 0) is 60.2 Å². The molecule has 1 aromatic heterocycles. The van der Waals surface area contributed by atoms with E-state index in [-0.39, 0.29) is 23.8 Å². The third-order valence-corrected chi connectivity index (χ3v) is 7.74. The van der Waals surface area contributed by atoms with E-state index in [9.17, 15) is 9.18 Å². The highest BCUT2D eigenvalue weighted by Crippen LogP contribution is 2.43. The maximum atomic E-state index is 13.7. The lowest BCUT2D eigenvalue weighted by Gasteiger charge is -2.35. The number of aliphatic imine (C=N–C) groups is 1. The first-order chi connectivity index (χ1) is 18.6. The van der Waals surface area contributed by atoms with Crippen molar-refractivity contribution < 1.29 is 9.18 Å². The van der Waals surface area contributed by atoms with Gasteiger partial charge in [-0.2, -0.15) is 5.10 Å². The molecule has 7 nitrogen and oxygen atoms in total. The number of para-hydroxylation sites is 1. The number of nitrogens with one attached hydrogen (secondary N) is 1. The quantitative estimate of drug-likeness (QED) is 0.379. The lowest BCUT2D eigenvalue weighted by molar-refractivity contribution is 0.0865. The zero-order valence-electron chi connectivity index (χ0n) is 21.0. The van der Waals surface area contributed by atoms with Gasteiger partial charge in [0.1, 0.15) is 17.2 Å². The summed E-state index contributed by atoms with van der Waals surface area (Å²) in [7, 11) is 1.80. The van der Waals surface area contributed by atoms with Crippen LogP contribution in [0.1, 0.15) is 35.2 Å². The molecule has 2 unspecified atom stereocenters. The van der Waals surface area contributed by atoms with E-state index in [1.165, 1.54) is 12.1 Å². The Balaban J connectivity index is 1.29. The van der Waals surface area contributed by atoms with Gasteiger partial charge in [-0.15, -0.1) is 0 Å². The molecule has 3 aliphatic rings. The van der Waals surface area contributed by atoms with Crippen molar-refractivity contribution in [1.29, 1.82) is 0 Å². The molecule has 1 amide bonds. The van der Waals surface area contributed by atoms with Crippen LogP contribution in [0.25, 0.3) is 11.1 Å². The second-order valence-corrected chi connectivity index (χ2v) is 10.1. The van der Waals surface area contributed by atoms with Crippen LogP contribution in [0.3, 0.4) is 0 Å². The number of amides is 1. The number of fused-ring (bicyclic) bond motifs is 5. The number of carbonyl (C=O) groups excluding carboxylic acids is 1. The Hall–Kier alpha value is -4.46. The summed E-state index contributed by atoms with van der Waals surface area (Å²) < 4.78 is 15.3. The van der Waals surface area contributed by atoms with Crippen molar-refractivity contribution in [3.8, 4) is 11.1 Å². The third kappa shape index (κ3) is 3.67. The zero-order chi connectivity index (χ0) is 25.8. The molecule has 1 N–H and O–H groups in total. The van der Waals surface area contributed by atoms with Gasteiger partial charge >= 0.3 is 0 Å². The lowest BCUT2D eigenvalue weighted by Crippen LogP contribution is -2.52. The predicted octanol–water partition coefficient (Wildman–Crippen LogP) is 5.66. The molecule has 4 aromatic rings. The Bertz CT molecular complexity index is 1540. The molecule has 2 atom stereocenters. The predicted molar refractivity (Wildman–Crippen MR) is 146 cm³/mol. The Morgan fingerprint density at radius 1 is 0.947 bits per heavy atom. The summed E-state index contributed by atoms with van der Waals surface area (Å²) in [5, 5.41) is 8.34. The first kappa shape index (κ1) is 22.7. The Labute approximate surface area is 220 Å². The number of guanidine groups is 1. The molecular formula is C30H27FN6O. The van der Waals surface area contributed by atoms with Gasteiger partial charge in [-0.25, -0.2) is 14.1 Å². The lowest BCUT2D eigenvalue weighted by atomic mass is 10.0. The highest BCUT2D eigenvalue weighted by molar-refractivity contribution is 6.21. The molecule has 190 valence electrons. The van der Waals surface area contributed by atoms with Gasteiger partial charge in [0.15, 0.2) is 5.82 Å². The van der Waals surface area contributed by atoms with Gasteiger partial charge in [0.25, 0.3) is 5.91 Å². The summed E-state index contributed by atoms with van der Waals surface area (Å²) in [5.41, 5.74) is 4.48. The van der Waals surface area contributed by atoms with Crippen molar-refractivity contribution in [2.45, 2.75) is 37.9 Å². The van der Waals surface area contributed by atoms with Gasteiger partial charge in [-0.3, -0.25) is 14.6 Å². The van der Waals surface area contributed by atoms with Crippen molar-refractivity contribution in [3.63, 3.8) is 0 Å². The molecular weight excluding hydrogens is 479 g/mol. The highest BCUT2D eigenvalue weighted by atomic mass is 19.1. The number of hydrogen-bond acceptors (Lipinski definition) is 5. The Morgan fingerprint density at radius 3 is 2.39 bits per heavy atom. The zero-order valence-corrected chi connectivity index (χ0v) is 21.0. The number of nitrogens with zero attached hydrogens (tertiary/aromatic N) is 5. The van der Waals surface area contributed by atoms with Gasteiger partial charge in [0, 0.05) is 12.7 Å². The molecule has 2 aliphatic heterocycles. The van der Waals surface area contributed by atoms with Gasteiger partial charge < -0.3 is 5.32 Å². The van der Waals surface area contributed by atoms with Crippen molar-refractivity contribution in [3.05, 3.63) is 95.8 Å². The van der Waals surface area contributed by atoms with Crippen LogP contribution in [-0.2, 0) is 6.54 Å². The van der Waals surface area contributed by atoms with Crippen LogP contribution in [0.5, 0.6) is 0 Å². The maximum absolute atomic E-state index is 13.7. The van der Waals surface area contributed by atoms with E-state index in [0.29, 0.717) is 17.9 Å². The molecule has 0 radical (unpaired) electrons. The maximum Gasteiger partial charge on any atom is 0.267 e. The normalized spacial score (nSPS) is 19.7. The van der Waals surface area contributed by atoms with Crippen LogP contribution in [0.4, 0.5) is 21.7 Å². The van der Waals surface area contributed by atoms with E-state index in [0.717, 1.165) is 53.4 Å². The minimum absolute atomic E-state index is 0.105. The molecule has 3 heterocycles. The summed E-state index contributed by atoms with van der Waals surface area (Å²) in [5.74, 6) is 1.72. The summed E-state index contributed by atoms with van der Waals surface area (Å²) in [6.45, 7) is 0.501. The van der Waals surface area contributed by atoms with Crippen LogP contribution in [0.15, 0.2) is 83.9 Å². The fourth-order valence-corrected chi connectivity index (χ4v) is 5.86. The molecule has 8 heteroatoms. The van der Waals surface area contributed by atoms with Gasteiger partial charge in [-0.1, -0.05) is 54.6 Å². The summed E-state index contributed by atoms with van der Waals surface area (Å²) in [4.78, 5) is 22.5. The van der Waals surface area contributed by atoms with E-state index in [1.807, 2.05) is 47.1 Å². The number of aromatic nitrogens is 2. The minimum Gasteiger partial charge on any atom is -0.338 e. The van der Waals surface area contributed by atoms with E-state index >= 15 is 0 Å². The molecule has 0 bridgehead atoms. The molecule has 1 aliphatic carbocycles. The number of hydrogen-bond donors (Lipinski definition) is 1. The van der Waals surface area contributed by atoms with Crippen molar-refractivity contribution >= 4 is 29.2 Å². The average Bonchev–Trinajstić information content (AvgIpc) is 3.63. The van der Waals surface area contributed by atoms with Crippen LogP contribution in [-0.4, -0.2) is 45.7 Å². The van der Waals surface area contributed by atoms with Crippen LogP contribution >= 0.6 is 0 Å². The first-order valence-electron chi connectivity index (χ1n) is 13.0. The summed E-state index contributed by atoms with van der Waals surface area (Å²) >= 11 is 0. The molecule has 0 saturated heterocycles. The number of benzene rings is 3. The van der Waals surface area contributed by atoms with E-state index < -0.39 is 0 Å². The Morgan fingerprint density at radius 2 is 1.66 bits per heavy atom. The second kappa shape index (κ2) is 8.83. The number of rotatable bonds is 5. The largest absolute Gasteiger partial charge is 0.338 e. The number of carbonyl (C=O) groups is 1.